The summed E-state index contributed by atoms with van der Waals surface area (Å²) in [6.07, 6.45) is 4.15. The van der Waals surface area contributed by atoms with Gasteiger partial charge in [-0.3, -0.25) is 4.79 Å². The molecule has 1 atom stereocenters. The van der Waals surface area contributed by atoms with Crippen molar-refractivity contribution in [2.75, 3.05) is 0 Å². The van der Waals surface area contributed by atoms with E-state index in [1.165, 1.54) is 0 Å². The smallest absolute Gasteiger partial charge is 0.227 e. The summed E-state index contributed by atoms with van der Waals surface area (Å²) in [7, 11) is 0. The van der Waals surface area contributed by atoms with Crippen molar-refractivity contribution < 1.29 is 9.32 Å². The van der Waals surface area contributed by atoms with Crippen molar-refractivity contribution in [3.63, 3.8) is 0 Å². The number of Topliss-reactive ketones (excluding diaryl/α,β-unsaturated/α-hetero) is 1. The fraction of sp³-hybridized carbons (Fsp3) is 0.400. The highest BCUT2D eigenvalue weighted by Crippen LogP contribution is 2.27. The van der Waals surface area contributed by atoms with E-state index in [9.17, 15) is 4.79 Å². The van der Waals surface area contributed by atoms with Crippen LogP contribution in [0.1, 0.15) is 31.6 Å². The number of carbonyl (C=O) groups is 1. The molecule has 0 amide bonds. The largest absolute Gasteiger partial charge is 0.339 e. The average molecular weight is 325 g/mol. The number of halogens is 2. The normalized spacial score (nSPS) is 19.0. The first kappa shape index (κ1) is 14.5. The summed E-state index contributed by atoms with van der Waals surface area (Å²) >= 11 is 11.9. The van der Waals surface area contributed by atoms with Crippen LogP contribution in [-0.4, -0.2) is 15.9 Å². The minimum atomic E-state index is 0.00926. The summed E-state index contributed by atoms with van der Waals surface area (Å²) in [6.45, 7) is 0. The van der Waals surface area contributed by atoms with Gasteiger partial charge in [0.2, 0.25) is 11.7 Å². The van der Waals surface area contributed by atoms with E-state index in [0.717, 1.165) is 19.3 Å². The Morgan fingerprint density at radius 3 is 2.67 bits per heavy atom. The third kappa shape index (κ3) is 3.44. The summed E-state index contributed by atoms with van der Waals surface area (Å²) in [5.74, 6) is 1.24. The zero-order valence-electron chi connectivity index (χ0n) is 11.3. The highest BCUT2D eigenvalue weighted by molar-refractivity contribution is 6.35. The van der Waals surface area contributed by atoms with Crippen LogP contribution in [0.2, 0.25) is 10.0 Å². The Bertz CT molecular complexity index is 649. The van der Waals surface area contributed by atoms with Gasteiger partial charge >= 0.3 is 0 Å². The summed E-state index contributed by atoms with van der Waals surface area (Å²) < 4.78 is 5.25. The molecule has 1 fully saturated rings. The van der Waals surface area contributed by atoms with Crippen molar-refractivity contribution in [1.82, 2.24) is 10.1 Å². The molecule has 1 heterocycles. The molecule has 1 saturated carbocycles. The highest BCUT2D eigenvalue weighted by atomic mass is 35.5. The van der Waals surface area contributed by atoms with E-state index in [0.29, 0.717) is 45.9 Å². The lowest BCUT2D eigenvalue weighted by atomic mass is 9.86. The van der Waals surface area contributed by atoms with Crippen LogP contribution in [-0.2, 0) is 11.2 Å². The van der Waals surface area contributed by atoms with Gasteiger partial charge in [0, 0.05) is 34.4 Å². The molecule has 2 aromatic rings. The summed E-state index contributed by atoms with van der Waals surface area (Å²) in [5.41, 5.74) is 0.706. The average Bonchev–Trinajstić information content (AvgIpc) is 2.89. The van der Waals surface area contributed by atoms with Gasteiger partial charge < -0.3 is 4.52 Å². The lowest BCUT2D eigenvalue weighted by Gasteiger charge is -2.18. The maximum atomic E-state index is 11.8. The molecule has 0 saturated heterocycles. The molecule has 0 radical (unpaired) electrons. The molecule has 1 aliphatic carbocycles. The maximum Gasteiger partial charge on any atom is 0.227 e. The van der Waals surface area contributed by atoms with Crippen LogP contribution in [0.15, 0.2) is 22.7 Å². The van der Waals surface area contributed by atoms with Crippen molar-refractivity contribution in [3.8, 4) is 11.4 Å². The molecular formula is C15H14Cl2N2O2. The highest BCUT2D eigenvalue weighted by Gasteiger charge is 2.24. The predicted octanol–water partition coefficient (Wildman–Crippen LogP) is 4.35. The van der Waals surface area contributed by atoms with Gasteiger partial charge in [-0.1, -0.05) is 34.8 Å². The summed E-state index contributed by atoms with van der Waals surface area (Å²) in [6, 6.07) is 5.11. The van der Waals surface area contributed by atoms with Crippen LogP contribution in [0.3, 0.4) is 0 Å². The second-order valence-corrected chi connectivity index (χ2v) is 6.16. The molecule has 0 aliphatic heterocycles. The van der Waals surface area contributed by atoms with Crippen molar-refractivity contribution in [2.45, 2.75) is 32.1 Å². The number of carbonyl (C=O) groups excluding carboxylic acids is 1. The van der Waals surface area contributed by atoms with Gasteiger partial charge in [0.25, 0.3) is 0 Å². The fourth-order valence-corrected chi connectivity index (χ4v) is 3.15. The molecule has 0 spiro atoms. The number of benzene rings is 1. The number of rotatable bonds is 3. The summed E-state index contributed by atoms with van der Waals surface area (Å²) in [5, 5.41) is 4.98. The minimum Gasteiger partial charge on any atom is -0.339 e. The van der Waals surface area contributed by atoms with Gasteiger partial charge in [0.05, 0.1) is 0 Å². The van der Waals surface area contributed by atoms with E-state index < -0.39 is 0 Å². The van der Waals surface area contributed by atoms with Crippen LogP contribution < -0.4 is 0 Å². The molecular weight excluding hydrogens is 311 g/mol. The topological polar surface area (TPSA) is 56.0 Å². The van der Waals surface area contributed by atoms with E-state index in [1.54, 1.807) is 18.2 Å². The molecule has 6 heteroatoms. The lowest BCUT2D eigenvalue weighted by molar-refractivity contribution is -0.124. The number of aromatic nitrogens is 2. The van der Waals surface area contributed by atoms with E-state index in [2.05, 4.69) is 10.1 Å². The van der Waals surface area contributed by atoms with Gasteiger partial charge in [-0.15, -0.1) is 0 Å². The predicted molar refractivity (Wildman–Crippen MR) is 80.4 cm³/mol. The van der Waals surface area contributed by atoms with Crippen molar-refractivity contribution >= 4 is 29.0 Å². The van der Waals surface area contributed by atoms with Gasteiger partial charge in [-0.25, -0.2) is 0 Å². The molecule has 4 nitrogen and oxygen atoms in total. The van der Waals surface area contributed by atoms with Gasteiger partial charge in [0.15, 0.2) is 0 Å². The van der Waals surface area contributed by atoms with E-state index in [-0.39, 0.29) is 5.92 Å². The monoisotopic (exact) mass is 324 g/mol. The van der Waals surface area contributed by atoms with Gasteiger partial charge in [0.1, 0.15) is 5.78 Å². The van der Waals surface area contributed by atoms with Crippen LogP contribution in [0, 0.1) is 5.92 Å². The third-order valence-electron chi connectivity index (χ3n) is 3.69. The molecule has 1 aromatic carbocycles. The van der Waals surface area contributed by atoms with Crippen LogP contribution in [0.5, 0.6) is 0 Å². The zero-order chi connectivity index (χ0) is 14.8. The first-order chi connectivity index (χ1) is 10.1. The minimum absolute atomic E-state index is 0.00926. The van der Waals surface area contributed by atoms with Crippen LogP contribution in [0.25, 0.3) is 11.4 Å². The van der Waals surface area contributed by atoms with Crippen molar-refractivity contribution in [3.05, 3.63) is 34.1 Å². The molecule has 21 heavy (non-hydrogen) atoms. The van der Waals surface area contributed by atoms with Crippen LogP contribution >= 0.6 is 23.2 Å². The molecule has 0 N–H and O–H groups in total. The molecule has 1 aromatic heterocycles. The molecule has 1 aliphatic rings. The number of hydrogen-bond acceptors (Lipinski definition) is 4. The lowest BCUT2D eigenvalue weighted by Crippen LogP contribution is -2.21. The Labute approximate surface area is 132 Å². The summed E-state index contributed by atoms with van der Waals surface area (Å²) in [4.78, 5) is 16.2. The first-order valence-electron chi connectivity index (χ1n) is 6.93. The molecule has 110 valence electrons. The Morgan fingerprint density at radius 2 is 1.95 bits per heavy atom. The number of nitrogens with zero attached hydrogens (tertiary/aromatic N) is 2. The van der Waals surface area contributed by atoms with E-state index in [1.807, 2.05) is 0 Å². The first-order valence-corrected chi connectivity index (χ1v) is 7.69. The Hall–Kier alpha value is -1.39. The zero-order valence-corrected chi connectivity index (χ0v) is 12.8. The van der Waals surface area contributed by atoms with Gasteiger partial charge in [-0.05, 0) is 31.0 Å². The van der Waals surface area contributed by atoms with E-state index >= 15 is 0 Å². The second kappa shape index (κ2) is 6.16. The molecule has 0 bridgehead atoms. The quantitative estimate of drug-likeness (QED) is 0.842. The van der Waals surface area contributed by atoms with Gasteiger partial charge in [-0.2, -0.15) is 4.98 Å². The van der Waals surface area contributed by atoms with E-state index in [4.69, 9.17) is 27.7 Å². The molecule has 3 rings (SSSR count). The third-order valence-corrected chi connectivity index (χ3v) is 4.13. The maximum absolute atomic E-state index is 11.8. The Kier molecular flexibility index (Phi) is 4.27. The Balaban J connectivity index is 1.78. The fourth-order valence-electron chi connectivity index (χ4n) is 2.62. The second-order valence-electron chi connectivity index (χ2n) is 5.28. The SMILES string of the molecule is O=C1CCCCC1Cc1nc(-c2cc(Cl)cc(Cl)c2)no1. The number of hydrogen-bond donors (Lipinski definition) is 0. The Morgan fingerprint density at radius 1 is 1.19 bits per heavy atom. The van der Waals surface area contributed by atoms with Crippen molar-refractivity contribution in [2.24, 2.45) is 5.92 Å². The van der Waals surface area contributed by atoms with Crippen LogP contribution in [0.4, 0.5) is 0 Å². The standard InChI is InChI=1S/C15H14Cl2N2O2/c16-11-5-10(6-12(17)8-11)15-18-14(21-19-15)7-9-3-1-2-4-13(9)20/h5-6,8-9H,1-4,7H2. The molecule has 1 unspecified atom stereocenters. The van der Waals surface area contributed by atoms with Crippen molar-refractivity contribution in [1.29, 1.82) is 0 Å². The number of ketones is 1.